The van der Waals surface area contributed by atoms with Crippen molar-refractivity contribution in [1.82, 2.24) is 0 Å². The molecule has 1 heterocycles. The Morgan fingerprint density at radius 3 is 2.30 bits per heavy atom. The number of hydrogen-bond acceptors (Lipinski definition) is 4. The summed E-state index contributed by atoms with van der Waals surface area (Å²) in [6, 6.07) is 8.61. The molecule has 0 radical (unpaired) electrons. The molecule has 0 amide bonds. The Kier molecular flexibility index (Phi) is 4.63. The van der Waals surface area contributed by atoms with E-state index in [1.165, 1.54) is 6.07 Å². The number of benzene rings is 1. The van der Waals surface area contributed by atoms with E-state index >= 15 is 0 Å². The molecule has 1 N–H and O–H groups in total. The Hall–Kier alpha value is -0.760. The van der Waals surface area contributed by atoms with Gasteiger partial charge in [-0.1, -0.05) is 11.6 Å². The molecule has 0 saturated carbocycles. The Balaban J connectivity index is 2.24. The summed E-state index contributed by atoms with van der Waals surface area (Å²) in [4.78, 5) is 1.94. The molecule has 1 aromatic heterocycles. The van der Waals surface area contributed by atoms with E-state index in [1.807, 2.05) is 31.1 Å². The highest BCUT2D eigenvalue weighted by atomic mass is 79.9. The molecule has 2 aromatic rings. The van der Waals surface area contributed by atoms with Gasteiger partial charge in [-0.05, 0) is 46.3 Å². The fourth-order valence-corrected chi connectivity index (χ4v) is 4.85. The van der Waals surface area contributed by atoms with Crippen molar-refractivity contribution in [2.45, 2.75) is 4.21 Å². The molecule has 2 rings (SSSR count). The number of sulfonamides is 1. The molecule has 1 aromatic carbocycles. The van der Waals surface area contributed by atoms with Crippen LogP contribution in [0.1, 0.15) is 0 Å². The summed E-state index contributed by atoms with van der Waals surface area (Å²) in [7, 11) is 0.234. The van der Waals surface area contributed by atoms with Crippen LogP contribution >= 0.6 is 38.9 Å². The van der Waals surface area contributed by atoms with Crippen molar-refractivity contribution < 1.29 is 8.42 Å². The maximum atomic E-state index is 12.2. The summed E-state index contributed by atoms with van der Waals surface area (Å²) >= 11 is 10.1. The van der Waals surface area contributed by atoms with Gasteiger partial charge in [0.15, 0.2) is 0 Å². The second kappa shape index (κ2) is 5.93. The van der Waals surface area contributed by atoms with Gasteiger partial charge in [0.05, 0.1) is 0 Å². The van der Waals surface area contributed by atoms with E-state index in [4.69, 9.17) is 11.6 Å². The highest BCUT2D eigenvalue weighted by molar-refractivity contribution is 9.10. The van der Waals surface area contributed by atoms with Gasteiger partial charge in [0.1, 0.15) is 8.55 Å². The Morgan fingerprint density at radius 2 is 1.85 bits per heavy atom. The molecule has 0 bridgehead atoms. The van der Waals surface area contributed by atoms with Crippen molar-refractivity contribution in [3.8, 4) is 0 Å². The van der Waals surface area contributed by atoms with E-state index in [0.717, 1.165) is 17.0 Å². The summed E-state index contributed by atoms with van der Waals surface area (Å²) in [5.41, 5.74) is 1.51. The van der Waals surface area contributed by atoms with Gasteiger partial charge in [-0.15, -0.1) is 11.3 Å². The van der Waals surface area contributed by atoms with Crippen molar-refractivity contribution in [1.29, 1.82) is 0 Å². The van der Waals surface area contributed by atoms with Crippen molar-refractivity contribution >= 4 is 60.3 Å². The molecule has 0 unspecified atom stereocenters. The topological polar surface area (TPSA) is 49.4 Å². The van der Waals surface area contributed by atoms with Crippen molar-refractivity contribution in [3.05, 3.63) is 39.1 Å². The molecule has 4 nitrogen and oxygen atoms in total. The van der Waals surface area contributed by atoms with Crippen LogP contribution in [0.3, 0.4) is 0 Å². The third-order valence-corrected chi connectivity index (χ3v) is 6.85. The molecule has 0 atom stereocenters. The maximum Gasteiger partial charge on any atom is 0.271 e. The minimum absolute atomic E-state index is 0.172. The predicted octanol–water partition coefficient (Wildman–Crippen LogP) is 4.03. The lowest BCUT2D eigenvalue weighted by Gasteiger charge is -2.13. The second-order valence-corrected chi connectivity index (χ2v) is 8.65. The smallest absolute Gasteiger partial charge is 0.271 e. The minimum atomic E-state index is -3.61. The van der Waals surface area contributed by atoms with Gasteiger partial charge in [0.2, 0.25) is 0 Å². The average molecular weight is 396 g/mol. The summed E-state index contributed by atoms with van der Waals surface area (Å²) in [6.45, 7) is 0. The Labute approximate surface area is 135 Å². The lowest BCUT2D eigenvalue weighted by atomic mass is 10.3. The first-order valence-corrected chi connectivity index (χ1v) is 9.02. The second-order valence-electron chi connectivity index (χ2n) is 4.23. The molecule has 108 valence electrons. The van der Waals surface area contributed by atoms with E-state index in [9.17, 15) is 8.42 Å². The van der Waals surface area contributed by atoms with Crippen molar-refractivity contribution in [2.75, 3.05) is 23.7 Å². The molecule has 8 heteroatoms. The van der Waals surface area contributed by atoms with Gasteiger partial charge in [-0.3, -0.25) is 4.72 Å². The molecule has 0 aliphatic heterocycles. The first kappa shape index (κ1) is 15.6. The fraction of sp³-hybridized carbons (Fsp3) is 0.167. The summed E-state index contributed by atoms with van der Waals surface area (Å²) < 4.78 is 28.1. The Morgan fingerprint density at radius 1 is 1.25 bits per heavy atom. The predicted molar refractivity (Wildman–Crippen MR) is 88.6 cm³/mol. The molecule has 0 spiro atoms. The first-order chi connectivity index (χ1) is 9.29. The van der Waals surface area contributed by atoms with Gasteiger partial charge >= 0.3 is 0 Å². The first-order valence-electron chi connectivity index (χ1n) is 5.54. The van der Waals surface area contributed by atoms with Crippen molar-refractivity contribution in [2.24, 2.45) is 0 Å². The van der Waals surface area contributed by atoms with Crippen LogP contribution in [0.25, 0.3) is 0 Å². The summed E-state index contributed by atoms with van der Waals surface area (Å²) in [5.74, 6) is 0. The standard InChI is InChI=1S/C12H12BrClN2O2S2/c1-16(2)9-5-3-8(4-6-9)15-20(17,18)11-7-10(13)12(14)19-11/h3-7,15H,1-2H3. The lowest BCUT2D eigenvalue weighted by Crippen LogP contribution is -2.12. The zero-order valence-electron chi connectivity index (χ0n) is 10.7. The normalized spacial score (nSPS) is 11.4. The number of halogens is 2. The van der Waals surface area contributed by atoms with Gasteiger partial charge in [-0.2, -0.15) is 0 Å². The van der Waals surface area contributed by atoms with Gasteiger partial charge in [-0.25, -0.2) is 8.42 Å². The number of nitrogens with zero attached hydrogens (tertiary/aromatic N) is 1. The highest BCUT2D eigenvalue weighted by Crippen LogP contribution is 2.35. The van der Waals surface area contributed by atoms with Crippen LogP contribution in [0.15, 0.2) is 39.0 Å². The quantitative estimate of drug-likeness (QED) is 0.850. The number of anilines is 2. The highest BCUT2D eigenvalue weighted by Gasteiger charge is 2.19. The molecular formula is C12H12BrClN2O2S2. The number of nitrogens with one attached hydrogen (secondary N) is 1. The minimum Gasteiger partial charge on any atom is -0.378 e. The van der Waals surface area contributed by atoms with Gasteiger partial charge in [0, 0.05) is 29.9 Å². The van der Waals surface area contributed by atoms with E-state index in [-0.39, 0.29) is 4.21 Å². The van der Waals surface area contributed by atoms with Crippen LogP contribution in [-0.2, 0) is 10.0 Å². The monoisotopic (exact) mass is 394 g/mol. The van der Waals surface area contributed by atoms with Crippen LogP contribution in [0.5, 0.6) is 0 Å². The zero-order valence-corrected chi connectivity index (χ0v) is 14.7. The SMILES string of the molecule is CN(C)c1ccc(NS(=O)(=O)c2cc(Br)c(Cl)s2)cc1. The number of rotatable bonds is 4. The third kappa shape index (κ3) is 3.46. The molecule has 0 saturated heterocycles. The van der Waals surface area contributed by atoms with Crippen LogP contribution in [-0.4, -0.2) is 22.5 Å². The van der Waals surface area contributed by atoms with Crippen LogP contribution in [0, 0.1) is 0 Å². The molecular weight excluding hydrogens is 384 g/mol. The number of thiophene rings is 1. The van der Waals surface area contributed by atoms with Crippen LogP contribution in [0.4, 0.5) is 11.4 Å². The lowest BCUT2D eigenvalue weighted by molar-refractivity contribution is 0.603. The third-order valence-electron chi connectivity index (χ3n) is 2.52. The average Bonchev–Trinajstić information content (AvgIpc) is 2.71. The zero-order chi connectivity index (χ0) is 14.9. The number of hydrogen-bond donors (Lipinski definition) is 1. The molecule has 0 aliphatic carbocycles. The summed E-state index contributed by atoms with van der Waals surface area (Å²) in [6.07, 6.45) is 0. The molecule has 20 heavy (non-hydrogen) atoms. The molecule has 0 fully saturated rings. The molecule has 0 aliphatic rings. The van der Waals surface area contributed by atoms with E-state index in [1.54, 1.807) is 12.1 Å². The summed E-state index contributed by atoms with van der Waals surface area (Å²) in [5, 5.41) is 0. The fourth-order valence-electron chi connectivity index (χ4n) is 1.49. The van der Waals surface area contributed by atoms with Crippen LogP contribution in [0.2, 0.25) is 4.34 Å². The van der Waals surface area contributed by atoms with E-state index in [2.05, 4.69) is 20.7 Å². The maximum absolute atomic E-state index is 12.2. The van der Waals surface area contributed by atoms with E-state index < -0.39 is 10.0 Å². The Bertz CT molecular complexity index is 692. The van der Waals surface area contributed by atoms with Gasteiger partial charge < -0.3 is 4.90 Å². The van der Waals surface area contributed by atoms with Gasteiger partial charge in [0.25, 0.3) is 10.0 Å². The largest absolute Gasteiger partial charge is 0.378 e. The van der Waals surface area contributed by atoms with E-state index in [0.29, 0.717) is 14.5 Å². The van der Waals surface area contributed by atoms with Crippen LogP contribution < -0.4 is 9.62 Å². The van der Waals surface area contributed by atoms with Crippen molar-refractivity contribution in [3.63, 3.8) is 0 Å².